The van der Waals surface area contributed by atoms with E-state index in [4.69, 9.17) is 28.7 Å². The Balaban J connectivity index is 1.46. The molecule has 0 saturated carbocycles. The van der Waals surface area contributed by atoms with Crippen LogP contribution in [0.25, 0.3) is 10.9 Å². The number of carbonyl (C=O) groups is 15. The quantitative estimate of drug-likeness (QED) is 0.0193. The van der Waals surface area contributed by atoms with E-state index in [0.717, 1.165) is 28.5 Å². The van der Waals surface area contributed by atoms with E-state index in [2.05, 4.69) is 74.1 Å². The largest absolute Gasteiger partial charge is 0.391 e. The molecule has 38 heteroatoms. The van der Waals surface area contributed by atoms with E-state index in [0.29, 0.717) is 46.0 Å². The highest BCUT2D eigenvalue weighted by molar-refractivity contribution is 8.76. The third-order valence-electron chi connectivity index (χ3n) is 18.3. The molecule has 0 bridgehead atoms. The lowest BCUT2D eigenvalue weighted by atomic mass is 10.00. The number of aromatic nitrogens is 1. The maximum Gasteiger partial charge on any atom is 0.245 e. The van der Waals surface area contributed by atoms with Crippen LogP contribution in [-0.2, 0) is 97.6 Å². The lowest BCUT2D eigenvalue weighted by Gasteiger charge is -2.29. The zero-order valence-electron chi connectivity index (χ0n) is 63.7. The fourth-order valence-corrected chi connectivity index (χ4v) is 14.2. The average Bonchev–Trinajstić information content (AvgIpc) is 1.64. The molecule has 0 unspecified atom stereocenters. The van der Waals surface area contributed by atoms with Crippen LogP contribution in [0.1, 0.15) is 94.9 Å². The number of carbonyl (C=O) groups excluding carboxylic acids is 15. The number of primary amides is 2. The minimum absolute atomic E-state index is 0.125. The molecule has 1 saturated heterocycles. The van der Waals surface area contributed by atoms with Gasteiger partial charge in [0, 0.05) is 54.3 Å². The molecular formula is C76H105N19O17S2. The van der Waals surface area contributed by atoms with Gasteiger partial charge < -0.3 is 113 Å². The number of nitrogens with two attached hydrogens (primary N) is 5. The standard InChI is InChI=1S/C76H105N19O17S2/c1-41(79)65(101)83-38-61(99)85-59-40-114-113-39-58(64(81)100)93-66(102)42(2)84-75(111)62(43(3)96)95-73(109)55(34-47-24-12-7-13-25-47)92-76(112)63(44(4)97)94-68(104)52(29-17-19-31-78)86-71(107)56(35-48-37-82-50-27-15-14-26-49(48)50)90-70(106)54(33-46-22-10-6-11-23-46)88-69(105)53(32-45-20-8-5-9-21-45)89-72(108)57(36-60(80)98)91-67(103)51(87-74(59)110)28-16-18-30-77/h5-15,20-27,37,41-44,51-59,62-63,82,96-97H,16-19,28-36,38-40,77-79H2,1-4H3,(H2,80,98)(H2,81,100)(H,83,101)(H,84,111)(H,85,99)(H,86,107)(H,87,110)(H,88,105)(H,89,108)(H,90,106)(H,91,103)(H,92,112)(H,93,102)(H,94,104)(H,95,109)/t41-,42-,43+,44+,51-,52-,53-,54-,55-,56-,57-,58-,59-,62-,63-/m0/s1. The third-order valence-corrected chi connectivity index (χ3v) is 20.7. The van der Waals surface area contributed by atoms with Crippen LogP contribution in [0.4, 0.5) is 0 Å². The van der Waals surface area contributed by atoms with E-state index < -0.39 is 192 Å². The number of para-hydroxylation sites is 1. The number of fused-ring (bicyclic) bond motifs is 1. The highest BCUT2D eigenvalue weighted by Crippen LogP contribution is 2.24. The van der Waals surface area contributed by atoms with Gasteiger partial charge in [0.05, 0.1) is 31.2 Å². The van der Waals surface area contributed by atoms with Crippen molar-refractivity contribution in [2.45, 2.75) is 189 Å². The molecule has 1 aliphatic heterocycles. The molecule has 15 atom stereocenters. The van der Waals surface area contributed by atoms with Gasteiger partial charge in [-0.25, -0.2) is 0 Å². The molecule has 5 aromatic rings. The highest BCUT2D eigenvalue weighted by atomic mass is 33.1. The SMILES string of the molecule is C[C@H](N)C(=O)NCC(=O)N[C@H]1CSSC[C@@H](C(N)=O)NC(=O)[C@H](C)NC(=O)[C@H]([C@@H](C)O)NC(=O)[C@H](Cc2ccccc2)NC(=O)[C@H]([C@@H](C)O)NC(=O)[C@H](CCCCN)NC(=O)[C@H](Cc2c[nH]c3ccccc23)NC(=O)[C@H](Cc2ccccc2)NC(=O)[C@H](Cc2ccccc2)NC(=O)[C@H](CC(N)=O)NC(=O)[C@H](CCCCN)NC1=O. The van der Waals surface area contributed by atoms with Crippen LogP contribution in [0.2, 0.25) is 0 Å². The molecule has 26 N–H and O–H groups in total. The van der Waals surface area contributed by atoms with Gasteiger partial charge in [-0.1, -0.05) is 131 Å². The number of hydrogen-bond acceptors (Lipinski definition) is 22. The van der Waals surface area contributed by atoms with Crippen LogP contribution in [0.5, 0.6) is 0 Å². The molecule has 0 spiro atoms. The Morgan fingerprint density at radius 3 is 1.32 bits per heavy atom. The number of rotatable bonds is 25. The Labute approximate surface area is 666 Å². The van der Waals surface area contributed by atoms with Crippen LogP contribution in [0.15, 0.2) is 121 Å². The van der Waals surface area contributed by atoms with Gasteiger partial charge in [-0.05, 0) is 108 Å². The minimum Gasteiger partial charge on any atom is -0.391 e. The summed E-state index contributed by atoms with van der Waals surface area (Å²) in [5.41, 5.74) is 31.5. The molecule has 618 valence electrons. The second-order valence-corrected chi connectivity index (χ2v) is 30.2. The van der Waals surface area contributed by atoms with Crippen molar-refractivity contribution in [3.63, 3.8) is 0 Å². The van der Waals surface area contributed by atoms with Crippen molar-refractivity contribution in [2.75, 3.05) is 31.1 Å². The molecule has 36 nitrogen and oxygen atoms in total. The Hall–Kier alpha value is -11.0. The van der Waals surface area contributed by atoms with Gasteiger partial charge in [-0.15, -0.1) is 0 Å². The summed E-state index contributed by atoms with van der Waals surface area (Å²) in [7, 11) is 1.73. The van der Waals surface area contributed by atoms with Crippen molar-refractivity contribution < 1.29 is 82.1 Å². The summed E-state index contributed by atoms with van der Waals surface area (Å²) in [6, 6.07) is 11.1. The summed E-state index contributed by atoms with van der Waals surface area (Å²) in [4.78, 5) is 217. The predicted molar refractivity (Wildman–Crippen MR) is 425 cm³/mol. The minimum atomic E-state index is -1.88. The number of hydrogen-bond donors (Lipinski definition) is 21. The normalized spacial score (nSPS) is 23.9. The maximum atomic E-state index is 15.4. The van der Waals surface area contributed by atoms with E-state index >= 15 is 14.4 Å². The lowest BCUT2D eigenvalue weighted by Crippen LogP contribution is -2.63. The highest BCUT2D eigenvalue weighted by Gasteiger charge is 2.39. The van der Waals surface area contributed by atoms with Gasteiger partial charge in [-0.3, -0.25) is 71.9 Å². The van der Waals surface area contributed by atoms with E-state index in [-0.39, 0.29) is 76.0 Å². The molecule has 2 heterocycles. The number of nitrogens with one attached hydrogen (secondary N) is 14. The van der Waals surface area contributed by atoms with E-state index in [1.807, 2.05) is 0 Å². The van der Waals surface area contributed by atoms with Gasteiger partial charge in [0.2, 0.25) is 88.6 Å². The number of H-pyrrole nitrogens is 1. The van der Waals surface area contributed by atoms with Crippen LogP contribution < -0.4 is 97.8 Å². The van der Waals surface area contributed by atoms with E-state index in [1.165, 1.54) is 20.8 Å². The number of aliphatic hydroxyl groups excluding tert-OH is 2. The molecule has 1 aromatic heterocycles. The summed E-state index contributed by atoms with van der Waals surface area (Å²) >= 11 is 0. The van der Waals surface area contributed by atoms with E-state index in [9.17, 15) is 67.7 Å². The lowest BCUT2D eigenvalue weighted by molar-refractivity contribution is -0.137. The second-order valence-electron chi connectivity index (χ2n) is 27.6. The first-order chi connectivity index (χ1) is 54.3. The molecule has 114 heavy (non-hydrogen) atoms. The Morgan fingerprint density at radius 2 is 0.860 bits per heavy atom. The number of amides is 15. The molecule has 6 rings (SSSR count). The fourth-order valence-electron chi connectivity index (χ4n) is 11.9. The van der Waals surface area contributed by atoms with Crippen LogP contribution in [0.3, 0.4) is 0 Å². The second kappa shape index (κ2) is 46.8. The summed E-state index contributed by atoms with van der Waals surface area (Å²) < 4.78 is 0. The van der Waals surface area contributed by atoms with Gasteiger partial charge in [0.25, 0.3) is 0 Å². The Kier molecular flexibility index (Phi) is 37.7. The van der Waals surface area contributed by atoms with Crippen LogP contribution in [0, 0.1) is 0 Å². The molecule has 15 amide bonds. The number of unbranched alkanes of at least 4 members (excludes halogenated alkanes) is 2. The maximum absolute atomic E-state index is 15.4. The molecule has 0 aliphatic carbocycles. The van der Waals surface area contributed by atoms with Crippen molar-refractivity contribution in [3.8, 4) is 0 Å². The Bertz CT molecular complexity index is 4110. The molecule has 0 radical (unpaired) electrons. The van der Waals surface area contributed by atoms with Crippen LogP contribution >= 0.6 is 21.6 Å². The summed E-state index contributed by atoms with van der Waals surface area (Å²) in [5.74, 6) is -16.0. The first kappa shape index (κ1) is 91.8. The van der Waals surface area contributed by atoms with Gasteiger partial charge >= 0.3 is 0 Å². The van der Waals surface area contributed by atoms with Crippen molar-refractivity contribution in [1.29, 1.82) is 0 Å². The number of benzene rings is 4. The zero-order chi connectivity index (χ0) is 83.6. The molecule has 1 aliphatic rings. The van der Waals surface area contributed by atoms with Gasteiger partial charge in [-0.2, -0.15) is 0 Å². The first-order valence-corrected chi connectivity index (χ1v) is 39.8. The summed E-state index contributed by atoms with van der Waals surface area (Å²) in [6.45, 7) is 4.46. The molecule has 1 fully saturated rings. The van der Waals surface area contributed by atoms with Crippen molar-refractivity contribution in [3.05, 3.63) is 144 Å². The summed E-state index contributed by atoms with van der Waals surface area (Å²) in [5, 5.41) is 56.1. The van der Waals surface area contributed by atoms with E-state index in [1.54, 1.807) is 121 Å². The fraction of sp³-hybridized carbons (Fsp3) is 0.461. The predicted octanol–water partition coefficient (Wildman–Crippen LogP) is -4.49. The summed E-state index contributed by atoms with van der Waals surface area (Å²) in [6.07, 6.45) is -3.08. The zero-order valence-corrected chi connectivity index (χ0v) is 65.4. The molecular weight excluding hydrogens is 1520 g/mol. The molecule has 4 aromatic carbocycles. The third kappa shape index (κ3) is 30.1. The monoisotopic (exact) mass is 1620 g/mol. The average molecular weight is 1620 g/mol. The van der Waals surface area contributed by atoms with Gasteiger partial charge in [0.1, 0.15) is 72.5 Å². The smallest absolute Gasteiger partial charge is 0.245 e. The number of aromatic amines is 1. The van der Waals surface area contributed by atoms with Crippen molar-refractivity contribution in [2.24, 2.45) is 28.7 Å². The topological polar surface area (TPSA) is 599 Å². The Morgan fingerprint density at radius 1 is 0.465 bits per heavy atom. The van der Waals surface area contributed by atoms with Crippen LogP contribution in [-0.4, -0.2) is 226 Å². The number of aliphatic hydroxyl groups is 2. The van der Waals surface area contributed by atoms with Gasteiger partial charge in [0.15, 0.2) is 0 Å². The first-order valence-electron chi connectivity index (χ1n) is 37.3. The van der Waals surface area contributed by atoms with Crippen molar-refractivity contribution in [1.82, 2.24) is 74.1 Å². The van der Waals surface area contributed by atoms with Crippen molar-refractivity contribution >= 4 is 121 Å².